The van der Waals surface area contributed by atoms with Crippen molar-refractivity contribution in [2.24, 2.45) is 0 Å². The molecule has 0 spiro atoms. The lowest BCUT2D eigenvalue weighted by atomic mass is 9.87. The lowest BCUT2D eigenvalue weighted by Gasteiger charge is -2.13. The van der Waals surface area contributed by atoms with Gasteiger partial charge in [0.1, 0.15) is 17.5 Å². The van der Waals surface area contributed by atoms with Crippen LogP contribution in [0.2, 0.25) is 0 Å². The minimum Gasteiger partial charge on any atom is -0.298 e. The highest BCUT2D eigenvalue weighted by molar-refractivity contribution is 6.16. The first-order valence-corrected chi connectivity index (χ1v) is 6.58. The van der Waals surface area contributed by atoms with Crippen molar-refractivity contribution in [2.75, 3.05) is 0 Å². The van der Waals surface area contributed by atoms with E-state index < -0.39 is 11.7 Å². The van der Waals surface area contributed by atoms with E-state index in [2.05, 4.69) is 0 Å². The second kappa shape index (κ2) is 5.00. The molecule has 1 aliphatic carbocycles. The van der Waals surface area contributed by atoms with E-state index in [9.17, 15) is 14.0 Å². The third kappa shape index (κ3) is 2.05. The molecule has 2 aromatic carbocycles. The first kappa shape index (κ1) is 12.7. The maximum absolute atomic E-state index is 13.9. The first-order valence-electron chi connectivity index (χ1n) is 6.58. The molecule has 20 heavy (non-hydrogen) atoms. The highest BCUT2D eigenvalue weighted by Crippen LogP contribution is 2.30. The van der Waals surface area contributed by atoms with Gasteiger partial charge in [0.2, 0.25) is 0 Å². The minimum absolute atomic E-state index is 0.180. The topological polar surface area (TPSA) is 34.1 Å². The molecule has 0 fully saturated rings. The van der Waals surface area contributed by atoms with Crippen molar-refractivity contribution in [3.05, 3.63) is 71.0 Å². The summed E-state index contributed by atoms with van der Waals surface area (Å²) in [6, 6.07) is 13.2. The Bertz CT molecular complexity index is 691. The van der Waals surface area contributed by atoms with Crippen LogP contribution in [0.25, 0.3) is 0 Å². The number of carbonyl (C=O) groups is 2. The number of benzene rings is 2. The molecule has 0 heterocycles. The fourth-order valence-electron chi connectivity index (χ4n) is 2.71. The summed E-state index contributed by atoms with van der Waals surface area (Å²) < 4.78 is 13.9. The molecule has 1 aliphatic rings. The molecule has 1 unspecified atom stereocenters. The van der Waals surface area contributed by atoms with Crippen molar-refractivity contribution in [3.63, 3.8) is 0 Å². The Morgan fingerprint density at radius 3 is 2.40 bits per heavy atom. The molecule has 0 aliphatic heterocycles. The monoisotopic (exact) mass is 268 g/mol. The van der Waals surface area contributed by atoms with Crippen LogP contribution in [-0.2, 0) is 11.2 Å². The summed E-state index contributed by atoms with van der Waals surface area (Å²) in [5.41, 5.74) is 1.58. The van der Waals surface area contributed by atoms with Gasteiger partial charge in [-0.1, -0.05) is 42.5 Å². The Morgan fingerprint density at radius 2 is 1.60 bits per heavy atom. The van der Waals surface area contributed by atoms with Gasteiger partial charge < -0.3 is 0 Å². The number of hydrogen-bond donors (Lipinski definition) is 0. The molecule has 0 saturated carbocycles. The number of Topliss-reactive ketones (excluding diaryl/α,β-unsaturated/α-hetero) is 2. The van der Waals surface area contributed by atoms with Gasteiger partial charge in [-0.05, 0) is 18.1 Å². The van der Waals surface area contributed by atoms with Crippen LogP contribution in [0, 0.1) is 5.82 Å². The molecule has 1 atom stereocenters. The molecule has 2 aromatic rings. The Balaban J connectivity index is 2.13. The number of fused-ring (bicyclic) bond motifs is 1. The maximum Gasteiger partial charge on any atom is 0.178 e. The average Bonchev–Trinajstić information content (AvgIpc) is 2.58. The van der Waals surface area contributed by atoms with E-state index in [1.54, 1.807) is 24.3 Å². The van der Waals surface area contributed by atoms with E-state index in [4.69, 9.17) is 0 Å². The molecule has 0 N–H and O–H groups in total. The van der Waals surface area contributed by atoms with Crippen LogP contribution in [0.4, 0.5) is 4.39 Å². The van der Waals surface area contributed by atoms with E-state index in [0.717, 1.165) is 5.56 Å². The van der Waals surface area contributed by atoms with Gasteiger partial charge >= 0.3 is 0 Å². The molecule has 0 aromatic heterocycles. The van der Waals surface area contributed by atoms with Gasteiger partial charge in [0.05, 0.1) is 0 Å². The number of aryl methyl sites for hydroxylation is 1. The van der Waals surface area contributed by atoms with Crippen molar-refractivity contribution in [1.82, 2.24) is 0 Å². The number of rotatable bonds is 1. The van der Waals surface area contributed by atoms with E-state index in [1.165, 1.54) is 12.1 Å². The van der Waals surface area contributed by atoms with Crippen LogP contribution >= 0.6 is 0 Å². The van der Waals surface area contributed by atoms with Crippen LogP contribution in [0.15, 0.2) is 48.5 Å². The molecule has 100 valence electrons. The quantitative estimate of drug-likeness (QED) is 0.587. The van der Waals surface area contributed by atoms with E-state index in [0.29, 0.717) is 12.0 Å². The molecule has 0 bridgehead atoms. The van der Waals surface area contributed by atoms with Crippen molar-refractivity contribution in [1.29, 1.82) is 0 Å². The third-order valence-corrected chi connectivity index (χ3v) is 3.72. The summed E-state index contributed by atoms with van der Waals surface area (Å²) in [4.78, 5) is 24.9. The van der Waals surface area contributed by atoms with Gasteiger partial charge in [0.25, 0.3) is 0 Å². The van der Waals surface area contributed by atoms with Crippen LogP contribution in [0.5, 0.6) is 0 Å². The number of halogens is 1. The van der Waals surface area contributed by atoms with Crippen LogP contribution in [-0.4, -0.2) is 11.6 Å². The number of carbonyl (C=O) groups excluding carboxylic acids is 2. The smallest absolute Gasteiger partial charge is 0.178 e. The summed E-state index contributed by atoms with van der Waals surface area (Å²) in [6.45, 7) is 0. The largest absolute Gasteiger partial charge is 0.298 e. The molecule has 2 nitrogen and oxygen atoms in total. The summed E-state index contributed by atoms with van der Waals surface area (Å²) in [5.74, 6) is -2.03. The standard InChI is InChI=1S/C17H13FO2/c18-14-8-4-3-7-13(14)16-15(19)10-9-11-5-1-2-6-12(11)17(16)20/h1-8,16H,9-10H2. The molecule has 3 heteroatoms. The maximum atomic E-state index is 13.9. The van der Waals surface area contributed by atoms with Gasteiger partial charge in [0, 0.05) is 17.5 Å². The van der Waals surface area contributed by atoms with Gasteiger partial charge in [-0.3, -0.25) is 9.59 Å². The van der Waals surface area contributed by atoms with Gasteiger partial charge in [-0.15, -0.1) is 0 Å². The SMILES string of the molecule is O=C1CCc2ccccc2C(=O)C1c1ccccc1F. The summed E-state index contributed by atoms with van der Waals surface area (Å²) in [7, 11) is 0. The molecule has 0 amide bonds. The van der Waals surface area contributed by atoms with Gasteiger partial charge in [-0.25, -0.2) is 4.39 Å². The summed E-state index contributed by atoms with van der Waals surface area (Å²) in [5, 5.41) is 0. The molecular weight excluding hydrogens is 255 g/mol. The van der Waals surface area contributed by atoms with Gasteiger partial charge in [-0.2, -0.15) is 0 Å². The predicted molar refractivity (Wildman–Crippen MR) is 73.2 cm³/mol. The lowest BCUT2D eigenvalue weighted by Crippen LogP contribution is -2.21. The minimum atomic E-state index is -1.01. The van der Waals surface area contributed by atoms with Crippen molar-refractivity contribution in [3.8, 4) is 0 Å². The third-order valence-electron chi connectivity index (χ3n) is 3.72. The number of hydrogen-bond acceptors (Lipinski definition) is 2. The fraction of sp³-hybridized carbons (Fsp3) is 0.176. The Hall–Kier alpha value is -2.29. The van der Waals surface area contributed by atoms with Gasteiger partial charge in [0.15, 0.2) is 5.78 Å². The molecule has 0 saturated heterocycles. The average molecular weight is 268 g/mol. The van der Waals surface area contributed by atoms with E-state index in [1.807, 2.05) is 12.1 Å². The van der Waals surface area contributed by atoms with E-state index >= 15 is 0 Å². The molecule has 3 rings (SSSR count). The zero-order chi connectivity index (χ0) is 14.1. The summed E-state index contributed by atoms with van der Waals surface area (Å²) >= 11 is 0. The second-order valence-corrected chi connectivity index (χ2v) is 4.94. The van der Waals surface area contributed by atoms with Crippen LogP contribution in [0.1, 0.15) is 33.8 Å². The highest BCUT2D eigenvalue weighted by atomic mass is 19.1. The Kier molecular flexibility index (Phi) is 3.18. The highest BCUT2D eigenvalue weighted by Gasteiger charge is 2.34. The van der Waals surface area contributed by atoms with E-state index in [-0.39, 0.29) is 23.6 Å². The van der Waals surface area contributed by atoms with Crippen molar-refractivity contribution in [2.45, 2.75) is 18.8 Å². The molecule has 0 radical (unpaired) electrons. The molecular formula is C17H13FO2. The lowest BCUT2D eigenvalue weighted by molar-refractivity contribution is -0.119. The Labute approximate surface area is 116 Å². The summed E-state index contributed by atoms with van der Waals surface area (Å²) in [6.07, 6.45) is 0.799. The zero-order valence-corrected chi connectivity index (χ0v) is 10.8. The number of ketones is 2. The fourth-order valence-corrected chi connectivity index (χ4v) is 2.71. The van der Waals surface area contributed by atoms with Crippen LogP contribution in [0.3, 0.4) is 0 Å². The second-order valence-electron chi connectivity index (χ2n) is 4.94. The first-order chi connectivity index (χ1) is 9.68. The zero-order valence-electron chi connectivity index (χ0n) is 10.8. The van der Waals surface area contributed by atoms with Crippen molar-refractivity contribution < 1.29 is 14.0 Å². The Morgan fingerprint density at radius 1 is 0.900 bits per heavy atom. The normalized spacial score (nSPS) is 18.6. The predicted octanol–water partition coefficient (Wildman–Crippen LogP) is 3.31. The van der Waals surface area contributed by atoms with Crippen LogP contribution < -0.4 is 0 Å². The van der Waals surface area contributed by atoms with Crippen molar-refractivity contribution >= 4 is 11.6 Å².